The number of ether oxygens (including phenoxy) is 1. The summed E-state index contributed by atoms with van der Waals surface area (Å²) in [5.41, 5.74) is 0. The lowest BCUT2D eigenvalue weighted by atomic mass is 9.96. The molecule has 6 nitrogen and oxygen atoms in total. The third kappa shape index (κ3) is 5.25. The van der Waals surface area contributed by atoms with E-state index in [1.807, 2.05) is 13.0 Å². The first-order valence-corrected chi connectivity index (χ1v) is 8.32. The molecule has 2 heterocycles. The zero-order chi connectivity index (χ0) is 16.8. The lowest BCUT2D eigenvalue weighted by molar-refractivity contribution is 0.0402. The Morgan fingerprint density at radius 1 is 1.52 bits per heavy atom. The monoisotopic (exact) mass is 324 g/mol. The third-order valence-electron chi connectivity index (χ3n) is 4.13. The maximum atomic E-state index is 12.5. The quantitative estimate of drug-likeness (QED) is 0.842. The van der Waals surface area contributed by atoms with Crippen molar-refractivity contribution in [3.8, 4) is 0 Å². The average molecular weight is 324 g/mol. The second-order valence-corrected chi connectivity index (χ2v) is 6.73. The fraction of sp³-hybridized carbons (Fsp3) is 0.706. The van der Waals surface area contributed by atoms with E-state index in [1.165, 1.54) is 0 Å². The molecule has 0 aromatic carbocycles. The molecule has 0 aliphatic carbocycles. The SMILES string of the molecule is CC(C)COCC(NC(=O)N1CCC(C)C(O)C1)c1ccco1. The van der Waals surface area contributed by atoms with Crippen molar-refractivity contribution in [1.29, 1.82) is 0 Å². The lowest BCUT2D eigenvalue weighted by Crippen LogP contribution is -2.50. The summed E-state index contributed by atoms with van der Waals surface area (Å²) in [7, 11) is 0. The highest BCUT2D eigenvalue weighted by Crippen LogP contribution is 2.19. The molecule has 2 N–H and O–H groups in total. The van der Waals surface area contributed by atoms with Gasteiger partial charge in [-0.05, 0) is 30.4 Å². The highest BCUT2D eigenvalue weighted by molar-refractivity contribution is 5.74. The zero-order valence-corrected chi connectivity index (χ0v) is 14.2. The van der Waals surface area contributed by atoms with Crippen LogP contribution in [0.2, 0.25) is 0 Å². The molecule has 6 heteroatoms. The number of aliphatic hydroxyl groups excluding tert-OH is 1. The number of piperidine rings is 1. The van der Waals surface area contributed by atoms with E-state index in [-0.39, 0.29) is 18.0 Å². The number of nitrogens with one attached hydrogen (secondary N) is 1. The number of furan rings is 1. The summed E-state index contributed by atoms with van der Waals surface area (Å²) in [6.45, 7) is 8.18. The molecular formula is C17H28N2O4. The topological polar surface area (TPSA) is 74.9 Å². The standard InChI is InChI=1S/C17H28N2O4/c1-12(2)10-22-11-14(16-5-4-8-23-16)18-17(21)19-7-6-13(3)15(20)9-19/h4-5,8,12-15,20H,6-7,9-11H2,1-3H3,(H,18,21). The van der Waals surface area contributed by atoms with Gasteiger partial charge in [-0.15, -0.1) is 0 Å². The smallest absolute Gasteiger partial charge is 0.318 e. The van der Waals surface area contributed by atoms with Gasteiger partial charge in [0.05, 0.1) is 19.0 Å². The van der Waals surface area contributed by atoms with Gasteiger partial charge in [0, 0.05) is 19.7 Å². The van der Waals surface area contributed by atoms with Gasteiger partial charge in [-0.2, -0.15) is 0 Å². The van der Waals surface area contributed by atoms with Crippen molar-refractivity contribution in [3.63, 3.8) is 0 Å². The highest BCUT2D eigenvalue weighted by Gasteiger charge is 2.29. The zero-order valence-electron chi connectivity index (χ0n) is 14.2. The van der Waals surface area contributed by atoms with Crippen molar-refractivity contribution < 1.29 is 19.1 Å². The minimum absolute atomic E-state index is 0.189. The Hall–Kier alpha value is -1.53. The van der Waals surface area contributed by atoms with E-state index in [4.69, 9.17) is 9.15 Å². The van der Waals surface area contributed by atoms with Gasteiger partial charge >= 0.3 is 6.03 Å². The predicted molar refractivity (Wildman–Crippen MR) is 87.0 cm³/mol. The summed E-state index contributed by atoms with van der Waals surface area (Å²) < 4.78 is 11.1. The van der Waals surface area contributed by atoms with E-state index >= 15 is 0 Å². The van der Waals surface area contributed by atoms with Gasteiger partial charge < -0.3 is 24.5 Å². The Bertz CT molecular complexity index is 475. The number of hydrogen-bond acceptors (Lipinski definition) is 4. The number of carbonyl (C=O) groups excluding carboxylic acids is 1. The van der Waals surface area contributed by atoms with Crippen LogP contribution in [-0.4, -0.2) is 48.4 Å². The second-order valence-electron chi connectivity index (χ2n) is 6.73. The maximum absolute atomic E-state index is 12.5. The Morgan fingerprint density at radius 2 is 2.30 bits per heavy atom. The molecule has 0 bridgehead atoms. The van der Waals surface area contributed by atoms with Crippen LogP contribution in [0.15, 0.2) is 22.8 Å². The summed E-state index contributed by atoms with van der Waals surface area (Å²) >= 11 is 0. The van der Waals surface area contributed by atoms with Crippen molar-refractivity contribution in [1.82, 2.24) is 10.2 Å². The molecule has 0 saturated carbocycles. The highest BCUT2D eigenvalue weighted by atomic mass is 16.5. The number of carbonyl (C=O) groups is 1. The number of amides is 2. The lowest BCUT2D eigenvalue weighted by Gasteiger charge is -2.35. The maximum Gasteiger partial charge on any atom is 0.318 e. The Balaban J connectivity index is 1.92. The molecule has 2 amide bonds. The minimum atomic E-state index is -0.464. The van der Waals surface area contributed by atoms with E-state index in [9.17, 15) is 9.90 Å². The molecule has 3 atom stereocenters. The number of hydrogen-bond donors (Lipinski definition) is 2. The van der Waals surface area contributed by atoms with E-state index in [0.717, 1.165) is 6.42 Å². The van der Waals surface area contributed by atoms with Gasteiger partial charge in [0.2, 0.25) is 0 Å². The van der Waals surface area contributed by atoms with E-state index in [0.29, 0.717) is 38.0 Å². The van der Waals surface area contributed by atoms with Crippen LogP contribution >= 0.6 is 0 Å². The van der Waals surface area contributed by atoms with Crippen LogP contribution in [-0.2, 0) is 4.74 Å². The Morgan fingerprint density at radius 3 is 2.91 bits per heavy atom. The van der Waals surface area contributed by atoms with Gasteiger partial charge in [-0.25, -0.2) is 4.79 Å². The van der Waals surface area contributed by atoms with Crippen LogP contribution in [0.5, 0.6) is 0 Å². The fourth-order valence-electron chi connectivity index (χ4n) is 2.58. The number of aliphatic hydroxyl groups is 1. The summed E-state index contributed by atoms with van der Waals surface area (Å²) in [5.74, 6) is 1.34. The van der Waals surface area contributed by atoms with Crippen molar-refractivity contribution in [3.05, 3.63) is 24.2 Å². The van der Waals surface area contributed by atoms with Crippen molar-refractivity contribution >= 4 is 6.03 Å². The van der Waals surface area contributed by atoms with Crippen molar-refractivity contribution in [2.75, 3.05) is 26.3 Å². The first kappa shape index (κ1) is 17.8. The Kier molecular flexibility index (Phi) is 6.47. The molecule has 0 spiro atoms. The number of likely N-dealkylation sites (tertiary alicyclic amines) is 1. The molecule has 1 fully saturated rings. The first-order chi connectivity index (χ1) is 11.0. The molecule has 1 aromatic heterocycles. The molecule has 2 rings (SSSR count). The molecule has 3 unspecified atom stereocenters. The third-order valence-corrected chi connectivity index (χ3v) is 4.13. The normalized spacial score (nSPS) is 23.1. The van der Waals surface area contributed by atoms with E-state index in [1.54, 1.807) is 17.2 Å². The fourth-order valence-corrected chi connectivity index (χ4v) is 2.58. The van der Waals surface area contributed by atoms with Crippen LogP contribution in [0.4, 0.5) is 4.79 Å². The molecule has 1 aromatic rings. The summed E-state index contributed by atoms with van der Waals surface area (Å²) in [6.07, 6.45) is 1.93. The molecule has 23 heavy (non-hydrogen) atoms. The van der Waals surface area contributed by atoms with E-state index in [2.05, 4.69) is 19.2 Å². The summed E-state index contributed by atoms with van der Waals surface area (Å²) in [4.78, 5) is 14.1. The van der Waals surface area contributed by atoms with Gasteiger partial charge in [-0.1, -0.05) is 20.8 Å². The number of β-amino-alcohol motifs (C(OH)–C–C–N with tert-alkyl or cyclic N) is 1. The summed E-state index contributed by atoms with van der Waals surface area (Å²) in [5, 5.41) is 12.9. The van der Waals surface area contributed by atoms with Crippen LogP contribution in [0.25, 0.3) is 0 Å². The Labute approximate surface area is 137 Å². The minimum Gasteiger partial charge on any atom is -0.467 e. The van der Waals surface area contributed by atoms with Crippen molar-refractivity contribution in [2.45, 2.75) is 39.3 Å². The number of rotatable bonds is 6. The largest absolute Gasteiger partial charge is 0.467 e. The van der Waals surface area contributed by atoms with Gasteiger partial charge in [0.25, 0.3) is 0 Å². The van der Waals surface area contributed by atoms with Gasteiger partial charge in [0.15, 0.2) is 0 Å². The molecule has 130 valence electrons. The first-order valence-electron chi connectivity index (χ1n) is 8.32. The average Bonchev–Trinajstić information content (AvgIpc) is 3.02. The van der Waals surface area contributed by atoms with Gasteiger partial charge in [0.1, 0.15) is 11.8 Å². The van der Waals surface area contributed by atoms with Crippen LogP contribution in [0, 0.1) is 11.8 Å². The van der Waals surface area contributed by atoms with Crippen LogP contribution in [0.3, 0.4) is 0 Å². The van der Waals surface area contributed by atoms with Crippen LogP contribution in [0.1, 0.15) is 39.0 Å². The molecule has 0 radical (unpaired) electrons. The molecule has 1 saturated heterocycles. The van der Waals surface area contributed by atoms with Crippen molar-refractivity contribution in [2.24, 2.45) is 11.8 Å². The van der Waals surface area contributed by atoms with E-state index < -0.39 is 6.10 Å². The number of urea groups is 1. The van der Waals surface area contributed by atoms with Gasteiger partial charge in [-0.3, -0.25) is 0 Å². The molecular weight excluding hydrogens is 296 g/mol. The molecule has 1 aliphatic rings. The summed E-state index contributed by atoms with van der Waals surface area (Å²) in [6, 6.07) is 3.11. The predicted octanol–water partition coefficient (Wildman–Crippen LogP) is 2.41. The second kappa shape index (κ2) is 8.36. The molecule has 1 aliphatic heterocycles. The van der Waals surface area contributed by atoms with Crippen LogP contribution < -0.4 is 5.32 Å². The number of nitrogens with zero attached hydrogens (tertiary/aromatic N) is 1.